The van der Waals surface area contributed by atoms with Gasteiger partial charge in [-0.15, -0.1) is 0 Å². The zero-order chi connectivity index (χ0) is 16.9. The van der Waals surface area contributed by atoms with Crippen LogP contribution in [-0.2, 0) is 16.1 Å². The van der Waals surface area contributed by atoms with Crippen LogP contribution < -0.4 is 5.32 Å². The second kappa shape index (κ2) is 7.58. The Bertz CT molecular complexity index is 507. The molecule has 0 bridgehead atoms. The van der Waals surface area contributed by atoms with E-state index in [0.717, 1.165) is 18.6 Å². The lowest BCUT2D eigenvalue weighted by Crippen LogP contribution is -2.58. The number of rotatable bonds is 7. The highest BCUT2D eigenvalue weighted by atomic mass is 32.3. The third-order valence-electron chi connectivity index (χ3n) is 4.02. The molecular formula is C18H29NO3S. The summed E-state index contributed by atoms with van der Waals surface area (Å²) in [5.74, 6) is 0.944. The molecule has 0 atom stereocenters. The first kappa shape index (κ1) is 18.1. The lowest BCUT2D eigenvalue weighted by Gasteiger charge is -2.44. The first-order valence-electron chi connectivity index (χ1n) is 8.02. The molecule has 1 amide bonds. The smallest absolute Gasteiger partial charge is 0.407 e. The number of hydrogen-bond acceptors (Lipinski definition) is 3. The van der Waals surface area contributed by atoms with Crippen LogP contribution in [0.2, 0.25) is 0 Å². The van der Waals surface area contributed by atoms with Crippen molar-refractivity contribution in [3.8, 4) is 0 Å². The van der Waals surface area contributed by atoms with Crippen molar-refractivity contribution in [2.24, 2.45) is 0 Å². The molecule has 1 aromatic rings. The predicted octanol–water partition coefficient (Wildman–Crippen LogP) is 3.54. The second-order valence-corrected chi connectivity index (χ2v) is 12.0. The van der Waals surface area contributed by atoms with Crippen molar-refractivity contribution >= 4 is 16.1 Å². The van der Waals surface area contributed by atoms with Gasteiger partial charge in [-0.05, 0) is 44.1 Å². The van der Waals surface area contributed by atoms with Gasteiger partial charge in [-0.2, -0.15) is 0 Å². The number of carbonyl (C=O) groups is 1. The number of hydrogen-bond donors (Lipinski definition) is 1. The maximum atomic E-state index is 11.9. The molecule has 1 aromatic carbocycles. The Morgan fingerprint density at radius 3 is 2.52 bits per heavy atom. The summed E-state index contributed by atoms with van der Waals surface area (Å²) in [4.78, 5) is 11.9. The van der Waals surface area contributed by atoms with Crippen LogP contribution in [0.1, 0.15) is 25.3 Å². The fraction of sp³-hybridized carbons (Fsp3) is 0.611. The minimum Gasteiger partial charge on any atom is -0.449 e. The highest BCUT2D eigenvalue weighted by Gasteiger charge is 2.42. The highest BCUT2D eigenvalue weighted by molar-refractivity contribution is 8.32. The Morgan fingerprint density at radius 1 is 1.26 bits per heavy atom. The average Bonchev–Trinajstić information content (AvgIpc) is 2.42. The lowest BCUT2D eigenvalue weighted by molar-refractivity contribution is -0.0565. The topological polar surface area (TPSA) is 47.6 Å². The molecule has 1 aliphatic carbocycles. The molecule has 1 aliphatic rings. The lowest BCUT2D eigenvalue weighted by atomic mass is 9.76. The minimum atomic E-state index is -0.623. The van der Waals surface area contributed by atoms with Gasteiger partial charge in [0.15, 0.2) is 0 Å². The van der Waals surface area contributed by atoms with Crippen LogP contribution in [-0.4, -0.2) is 48.9 Å². The molecule has 0 aliphatic heterocycles. The molecule has 0 aromatic heterocycles. The molecule has 0 spiro atoms. The highest BCUT2D eigenvalue weighted by Crippen LogP contribution is 2.35. The van der Waals surface area contributed by atoms with E-state index in [1.54, 1.807) is 0 Å². The fourth-order valence-electron chi connectivity index (χ4n) is 2.62. The van der Waals surface area contributed by atoms with Crippen LogP contribution in [0.15, 0.2) is 30.3 Å². The van der Waals surface area contributed by atoms with E-state index in [1.165, 1.54) is 5.56 Å². The zero-order valence-corrected chi connectivity index (χ0v) is 15.4. The van der Waals surface area contributed by atoms with E-state index in [1.807, 2.05) is 25.1 Å². The van der Waals surface area contributed by atoms with Gasteiger partial charge < -0.3 is 14.8 Å². The Kier molecular flexibility index (Phi) is 5.98. The van der Waals surface area contributed by atoms with E-state index < -0.39 is 10.0 Å². The third-order valence-corrected chi connectivity index (χ3v) is 5.41. The molecule has 1 saturated carbocycles. The number of ether oxygens (including phenoxy) is 2. The molecule has 1 fully saturated rings. The quantitative estimate of drug-likeness (QED) is 0.826. The zero-order valence-electron chi connectivity index (χ0n) is 14.6. The summed E-state index contributed by atoms with van der Waals surface area (Å²) in [6.07, 6.45) is 8.22. The van der Waals surface area contributed by atoms with Crippen molar-refractivity contribution in [2.75, 3.05) is 31.1 Å². The van der Waals surface area contributed by atoms with Gasteiger partial charge in [0, 0.05) is 11.3 Å². The van der Waals surface area contributed by atoms with Crippen LogP contribution in [0.5, 0.6) is 0 Å². The van der Waals surface area contributed by atoms with Crippen LogP contribution in [0.25, 0.3) is 0 Å². The van der Waals surface area contributed by atoms with Gasteiger partial charge in [0.25, 0.3) is 0 Å². The summed E-state index contributed by atoms with van der Waals surface area (Å²) < 4.78 is 11.2. The largest absolute Gasteiger partial charge is 0.449 e. The number of alkyl carbamates (subject to hydrolysis) is 1. The summed E-state index contributed by atoms with van der Waals surface area (Å²) >= 11 is 0. The number of nitrogens with one attached hydrogen (secondary N) is 1. The van der Waals surface area contributed by atoms with Crippen molar-refractivity contribution in [3.63, 3.8) is 0 Å². The SMILES string of the molecule is CC1(NC(=O)OCCS(C)(C)C)CC(OCc2ccccc2)C1. The van der Waals surface area contributed by atoms with Gasteiger partial charge in [-0.3, -0.25) is 0 Å². The first-order chi connectivity index (χ1) is 10.8. The Hall–Kier alpha value is -1.20. The Balaban J connectivity index is 1.63. The maximum Gasteiger partial charge on any atom is 0.407 e. The van der Waals surface area contributed by atoms with Gasteiger partial charge in [0.1, 0.15) is 6.61 Å². The predicted molar refractivity (Wildman–Crippen MR) is 97.4 cm³/mol. The van der Waals surface area contributed by atoms with Gasteiger partial charge in [0.05, 0.1) is 12.7 Å². The second-order valence-electron chi connectivity index (χ2n) is 7.44. The van der Waals surface area contributed by atoms with E-state index in [-0.39, 0.29) is 17.7 Å². The van der Waals surface area contributed by atoms with Gasteiger partial charge >= 0.3 is 6.09 Å². The Morgan fingerprint density at radius 2 is 1.91 bits per heavy atom. The van der Waals surface area contributed by atoms with Crippen molar-refractivity contribution in [2.45, 2.75) is 38.0 Å². The van der Waals surface area contributed by atoms with Crippen molar-refractivity contribution in [1.29, 1.82) is 0 Å². The number of carbonyl (C=O) groups excluding carboxylic acids is 1. The summed E-state index contributed by atoms with van der Waals surface area (Å²) in [5, 5.41) is 2.98. The minimum absolute atomic E-state index is 0.201. The molecular weight excluding hydrogens is 310 g/mol. The molecule has 130 valence electrons. The molecule has 4 nitrogen and oxygen atoms in total. The monoisotopic (exact) mass is 339 g/mol. The van der Waals surface area contributed by atoms with Crippen LogP contribution in [0.3, 0.4) is 0 Å². The number of benzene rings is 1. The summed E-state index contributed by atoms with van der Waals surface area (Å²) in [6.45, 7) is 3.17. The molecule has 1 N–H and O–H groups in total. The molecule has 5 heteroatoms. The van der Waals surface area contributed by atoms with Crippen molar-refractivity contribution in [3.05, 3.63) is 35.9 Å². The van der Waals surface area contributed by atoms with E-state index in [2.05, 4.69) is 36.2 Å². The normalized spacial score (nSPS) is 24.6. The third kappa shape index (κ3) is 6.43. The van der Waals surface area contributed by atoms with E-state index in [4.69, 9.17) is 9.47 Å². The Labute approximate surface area is 141 Å². The molecule has 23 heavy (non-hydrogen) atoms. The summed E-state index contributed by atoms with van der Waals surface area (Å²) in [5.41, 5.74) is 0.977. The van der Waals surface area contributed by atoms with Gasteiger partial charge in [-0.25, -0.2) is 14.8 Å². The molecule has 0 saturated heterocycles. The van der Waals surface area contributed by atoms with E-state index >= 15 is 0 Å². The molecule has 0 heterocycles. The van der Waals surface area contributed by atoms with Gasteiger partial charge in [0.2, 0.25) is 0 Å². The van der Waals surface area contributed by atoms with Crippen LogP contribution >= 0.6 is 10.0 Å². The molecule has 2 rings (SSSR count). The standard InChI is InChI=1S/C18H29NO3S/c1-18(19-17(20)21-10-11-23(2,3)4)12-16(13-18)22-14-15-8-6-5-7-9-15/h5-9,16H,10-14H2,1-4H3,(H,19,20). The number of amides is 1. The summed E-state index contributed by atoms with van der Waals surface area (Å²) in [6, 6.07) is 10.1. The molecule has 0 unspecified atom stereocenters. The maximum absolute atomic E-state index is 11.9. The molecule has 0 radical (unpaired) electrons. The van der Waals surface area contributed by atoms with Crippen molar-refractivity contribution in [1.82, 2.24) is 5.32 Å². The van der Waals surface area contributed by atoms with Gasteiger partial charge in [-0.1, -0.05) is 30.3 Å². The van der Waals surface area contributed by atoms with E-state index in [0.29, 0.717) is 13.2 Å². The average molecular weight is 340 g/mol. The van der Waals surface area contributed by atoms with E-state index in [9.17, 15) is 4.79 Å². The van der Waals surface area contributed by atoms with Crippen LogP contribution in [0.4, 0.5) is 4.79 Å². The first-order valence-corrected chi connectivity index (χ1v) is 11.0. The van der Waals surface area contributed by atoms with Crippen LogP contribution in [0, 0.1) is 0 Å². The summed E-state index contributed by atoms with van der Waals surface area (Å²) in [7, 11) is -0.623. The van der Waals surface area contributed by atoms with Crippen molar-refractivity contribution < 1.29 is 14.3 Å². The fourth-order valence-corrected chi connectivity index (χ4v) is 3.20.